The van der Waals surface area contributed by atoms with Gasteiger partial charge < -0.3 is 9.80 Å². The Bertz CT molecular complexity index is 1970. The quantitative estimate of drug-likeness (QED) is 0.142. The van der Waals surface area contributed by atoms with Crippen LogP contribution in [-0.2, 0) is 0 Å². The minimum Gasteiger partial charge on any atom is -0.339 e. The highest BCUT2D eigenvalue weighted by Gasteiger charge is 2.40. The lowest BCUT2D eigenvalue weighted by Gasteiger charge is -2.37. The van der Waals surface area contributed by atoms with Gasteiger partial charge in [0.2, 0.25) is 0 Å². The average Bonchev–Trinajstić information content (AvgIpc) is 3.62. The van der Waals surface area contributed by atoms with Crippen LogP contribution in [0.15, 0.2) is 121 Å². The van der Waals surface area contributed by atoms with E-state index in [1.54, 1.807) is 0 Å². The van der Waals surface area contributed by atoms with Crippen molar-refractivity contribution in [3.63, 3.8) is 0 Å². The van der Waals surface area contributed by atoms with E-state index in [1.807, 2.05) is 36.4 Å². The van der Waals surface area contributed by atoms with E-state index in [9.17, 15) is 0 Å². The lowest BCUT2D eigenvalue weighted by Crippen LogP contribution is -2.34. The van der Waals surface area contributed by atoms with E-state index >= 15 is 0 Å². The highest BCUT2D eigenvalue weighted by atomic mass is 15.4. The van der Waals surface area contributed by atoms with Gasteiger partial charge in [-0.2, -0.15) is 0 Å². The van der Waals surface area contributed by atoms with Gasteiger partial charge in [0, 0.05) is 46.7 Å². The first-order valence-electron chi connectivity index (χ1n) is 19.3. The molecule has 5 aromatic carbocycles. The SMILES string of the molecule is CC(C)c1cccc(C(C)C)c1N1CCN(c2c(C(C)C)cccc2C(C)C)[C]1c1ccc(-c2nc(-c3ccccc3)nc(-c3ccccc3)n2)cc1. The lowest BCUT2D eigenvalue weighted by atomic mass is 9.90. The molecular weight excluding hydrogens is 647 g/mol. The maximum Gasteiger partial charge on any atom is 0.187 e. The smallest absolute Gasteiger partial charge is 0.187 e. The minimum absolute atomic E-state index is 0.386. The second kappa shape index (κ2) is 15.4. The van der Waals surface area contributed by atoms with Crippen molar-refractivity contribution in [1.29, 1.82) is 0 Å². The fourth-order valence-corrected chi connectivity index (χ4v) is 7.66. The molecule has 0 amide bonds. The van der Waals surface area contributed by atoms with Crippen molar-refractivity contribution < 1.29 is 0 Å². The molecule has 1 radical (unpaired) electrons. The number of rotatable bonds is 10. The first-order valence-corrected chi connectivity index (χ1v) is 19.3. The molecule has 0 saturated carbocycles. The number of nitrogens with zero attached hydrogens (tertiary/aromatic N) is 5. The van der Waals surface area contributed by atoms with E-state index in [-0.39, 0.29) is 0 Å². The summed E-state index contributed by atoms with van der Waals surface area (Å²) in [5.41, 5.74) is 12.3. The van der Waals surface area contributed by atoms with Crippen molar-refractivity contribution >= 4 is 11.4 Å². The maximum absolute atomic E-state index is 5.03. The Morgan fingerprint density at radius 2 is 0.660 bits per heavy atom. The molecule has 0 unspecified atom stereocenters. The summed E-state index contributed by atoms with van der Waals surface area (Å²) >= 11 is 0. The van der Waals surface area contributed by atoms with Crippen LogP contribution < -0.4 is 9.80 Å². The normalized spacial score (nSPS) is 13.7. The van der Waals surface area contributed by atoms with Gasteiger partial charge in [-0.05, 0) is 45.9 Å². The Labute approximate surface area is 316 Å². The summed E-state index contributed by atoms with van der Waals surface area (Å²) in [6.45, 7) is 20.3. The van der Waals surface area contributed by atoms with E-state index in [4.69, 9.17) is 15.0 Å². The molecule has 1 saturated heterocycles. The summed E-state index contributed by atoms with van der Waals surface area (Å²) in [6, 6.07) is 43.0. The van der Waals surface area contributed by atoms with Gasteiger partial charge >= 0.3 is 0 Å². The number of anilines is 2. The summed E-state index contributed by atoms with van der Waals surface area (Å²) in [5.74, 6) is 3.54. The Morgan fingerprint density at radius 1 is 0.358 bits per heavy atom. The molecule has 269 valence electrons. The molecule has 5 nitrogen and oxygen atoms in total. The van der Waals surface area contributed by atoms with Crippen LogP contribution in [0, 0.1) is 6.17 Å². The molecule has 0 atom stereocenters. The molecule has 0 aliphatic carbocycles. The molecule has 1 aromatic heterocycles. The zero-order valence-corrected chi connectivity index (χ0v) is 32.5. The van der Waals surface area contributed by atoms with Crippen molar-refractivity contribution in [2.75, 3.05) is 22.9 Å². The van der Waals surface area contributed by atoms with Gasteiger partial charge in [-0.25, -0.2) is 15.0 Å². The lowest BCUT2D eigenvalue weighted by molar-refractivity contribution is 0.799. The summed E-state index contributed by atoms with van der Waals surface area (Å²) in [4.78, 5) is 20.2. The largest absolute Gasteiger partial charge is 0.339 e. The third-order valence-corrected chi connectivity index (χ3v) is 10.4. The summed E-state index contributed by atoms with van der Waals surface area (Å²) in [6.07, 6.45) is 1.23. The van der Waals surface area contributed by atoms with Crippen LogP contribution in [0.1, 0.15) is 107 Å². The number of hydrogen-bond acceptors (Lipinski definition) is 5. The summed E-state index contributed by atoms with van der Waals surface area (Å²) in [5, 5.41) is 0. The monoisotopic (exact) mass is 698 g/mol. The molecule has 0 spiro atoms. The van der Waals surface area contributed by atoms with E-state index in [0.29, 0.717) is 41.1 Å². The topological polar surface area (TPSA) is 45.2 Å². The van der Waals surface area contributed by atoms with Crippen LogP contribution in [0.2, 0.25) is 0 Å². The maximum atomic E-state index is 5.03. The Hall–Kier alpha value is -5.29. The van der Waals surface area contributed by atoms with Crippen molar-refractivity contribution in [3.8, 4) is 34.2 Å². The summed E-state index contributed by atoms with van der Waals surface area (Å²) in [7, 11) is 0. The van der Waals surface area contributed by atoms with E-state index < -0.39 is 0 Å². The predicted molar refractivity (Wildman–Crippen MR) is 222 cm³/mol. The predicted octanol–water partition coefficient (Wildman–Crippen LogP) is 12.2. The number of para-hydroxylation sites is 2. The van der Waals surface area contributed by atoms with Crippen LogP contribution in [-0.4, -0.2) is 28.0 Å². The van der Waals surface area contributed by atoms with Gasteiger partial charge in [0.15, 0.2) is 23.6 Å². The first kappa shape index (κ1) is 36.1. The molecule has 6 aromatic rings. The fraction of sp³-hybridized carbons (Fsp3) is 0.292. The molecule has 7 rings (SSSR count). The third-order valence-electron chi connectivity index (χ3n) is 10.4. The van der Waals surface area contributed by atoms with Crippen molar-refractivity contribution in [2.24, 2.45) is 0 Å². The van der Waals surface area contributed by atoms with Crippen LogP contribution in [0.3, 0.4) is 0 Å². The summed E-state index contributed by atoms with van der Waals surface area (Å²) < 4.78 is 0. The minimum atomic E-state index is 0.386. The van der Waals surface area contributed by atoms with Crippen LogP contribution in [0.5, 0.6) is 0 Å². The van der Waals surface area contributed by atoms with Crippen LogP contribution in [0.25, 0.3) is 34.2 Å². The molecular formula is C48H52N5. The van der Waals surface area contributed by atoms with Crippen molar-refractivity contribution in [2.45, 2.75) is 79.1 Å². The Kier molecular flexibility index (Phi) is 10.5. The molecule has 5 heteroatoms. The van der Waals surface area contributed by atoms with Gasteiger partial charge in [-0.3, -0.25) is 0 Å². The van der Waals surface area contributed by atoms with Gasteiger partial charge in [0.05, 0.1) is 0 Å². The molecule has 1 aliphatic rings. The zero-order chi connectivity index (χ0) is 37.2. The molecule has 0 bridgehead atoms. The average molecular weight is 699 g/mol. The highest BCUT2D eigenvalue weighted by molar-refractivity contribution is 5.76. The number of benzene rings is 5. The molecule has 0 N–H and O–H groups in total. The highest BCUT2D eigenvalue weighted by Crippen LogP contribution is 2.47. The van der Waals surface area contributed by atoms with E-state index in [1.165, 1.54) is 45.4 Å². The number of aromatic nitrogens is 3. The first-order chi connectivity index (χ1) is 25.6. The van der Waals surface area contributed by atoms with E-state index in [2.05, 4.69) is 150 Å². The van der Waals surface area contributed by atoms with Gasteiger partial charge in [-0.1, -0.05) is 177 Å². The van der Waals surface area contributed by atoms with Gasteiger partial charge in [-0.15, -0.1) is 0 Å². The third kappa shape index (κ3) is 7.22. The standard InChI is InChI=1S/C48H52N5/c1-31(2)39-21-15-22-40(32(3)4)43(39)52-29-30-53(44-41(33(5)6)23-16-24-42(44)34(7)8)48(52)38-27-25-37(26-28-38)47-50-45(35-17-11-9-12-18-35)49-46(51-47)36-19-13-10-14-20-36/h9-28,31-34H,29-30H2,1-8H3. The van der Waals surface area contributed by atoms with Crippen LogP contribution in [0.4, 0.5) is 11.4 Å². The van der Waals surface area contributed by atoms with Crippen molar-refractivity contribution in [3.05, 3.63) is 155 Å². The van der Waals surface area contributed by atoms with E-state index in [0.717, 1.165) is 29.8 Å². The zero-order valence-electron chi connectivity index (χ0n) is 32.5. The second-order valence-electron chi connectivity index (χ2n) is 15.4. The number of hydrogen-bond donors (Lipinski definition) is 0. The van der Waals surface area contributed by atoms with Crippen molar-refractivity contribution in [1.82, 2.24) is 15.0 Å². The fourth-order valence-electron chi connectivity index (χ4n) is 7.66. The van der Waals surface area contributed by atoms with Gasteiger partial charge in [0.1, 0.15) is 0 Å². The second-order valence-corrected chi connectivity index (χ2v) is 15.4. The van der Waals surface area contributed by atoms with Crippen LogP contribution >= 0.6 is 0 Å². The molecule has 1 aliphatic heterocycles. The molecule has 1 fully saturated rings. The Morgan fingerprint density at radius 3 is 0.981 bits per heavy atom. The molecule has 2 heterocycles. The van der Waals surface area contributed by atoms with Gasteiger partial charge in [0.25, 0.3) is 0 Å². The Balaban J connectivity index is 1.39. The molecule has 53 heavy (non-hydrogen) atoms.